The molecular weight excluding hydrogens is 224 g/mol. The van der Waals surface area contributed by atoms with Gasteiger partial charge >= 0.3 is 0 Å². The van der Waals surface area contributed by atoms with Crippen molar-refractivity contribution in [2.75, 3.05) is 0 Å². The van der Waals surface area contributed by atoms with Crippen molar-refractivity contribution in [1.29, 1.82) is 10.5 Å². The van der Waals surface area contributed by atoms with E-state index in [0.29, 0.717) is 0 Å². The Bertz CT molecular complexity index is 378. The summed E-state index contributed by atoms with van der Waals surface area (Å²) in [6.45, 7) is 1.97. The smallest absolute Gasteiger partial charge is 0.134 e. The van der Waals surface area contributed by atoms with Crippen molar-refractivity contribution in [2.45, 2.75) is 17.4 Å². The third-order valence-corrected chi connectivity index (χ3v) is 3.93. The lowest BCUT2D eigenvalue weighted by atomic mass is 10.1. The van der Waals surface area contributed by atoms with Gasteiger partial charge in [-0.15, -0.1) is 0 Å². The number of nitriles is 2. The summed E-state index contributed by atoms with van der Waals surface area (Å²) in [7, 11) is 0. The Morgan fingerprint density at radius 1 is 1.07 bits per heavy atom. The lowest BCUT2D eigenvalue weighted by Gasteiger charge is -2.17. The van der Waals surface area contributed by atoms with E-state index in [-0.39, 0.29) is 10.5 Å². The Kier molecular flexibility index (Phi) is 5.10. The van der Waals surface area contributed by atoms with E-state index in [9.17, 15) is 0 Å². The maximum absolute atomic E-state index is 8.74. The summed E-state index contributed by atoms with van der Waals surface area (Å²) in [5.74, 6) is 0. The Hall–Kier alpha value is -1.10. The van der Waals surface area contributed by atoms with Gasteiger partial charge in [0, 0.05) is 5.25 Å². The van der Waals surface area contributed by atoms with Crippen LogP contribution in [0.25, 0.3) is 0 Å². The summed E-state index contributed by atoms with van der Waals surface area (Å²) in [5, 5.41) is 21.7. The summed E-state index contributed by atoms with van der Waals surface area (Å²) in [5.41, 5.74) is 1.10. The molecule has 0 radical (unpaired) electrons. The van der Waals surface area contributed by atoms with Crippen LogP contribution in [0.5, 0.6) is 0 Å². The van der Waals surface area contributed by atoms with Crippen molar-refractivity contribution in [3.05, 3.63) is 35.9 Å². The van der Waals surface area contributed by atoms with Crippen LogP contribution in [0.4, 0.5) is 0 Å². The molecule has 0 N–H and O–H groups in total. The fourth-order valence-corrected chi connectivity index (χ4v) is 2.66. The maximum atomic E-state index is 8.74. The predicted octanol–water partition coefficient (Wildman–Crippen LogP) is 3.54. The molecule has 0 aliphatic carbocycles. The van der Waals surface area contributed by atoms with Crippen LogP contribution in [-0.4, -0.2) is 5.25 Å². The molecule has 0 aromatic heterocycles. The molecule has 0 saturated carbocycles. The van der Waals surface area contributed by atoms with Crippen molar-refractivity contribution in [3.8, 4) is 10.8 Å². The standard InChI is InChI=1S/C11H10N2S2/c1-9(14-7-12)11(15-8-13)10-5-3-2-4-6-10/h2-6,9,11H,1H3. The third kappa shape index (κ3) is 3.51. The van der Waals surface area contributed by atoms with Crippen LogP contribution in [-0.2, 0) is 0 Å². The lowest BCUT2D eigenvalue weighted by Crippen LogP contribution is -2.07. The van der Waals surface area contributed by atoms with E-state index >= 15 is 0 Å². The number of nitrogens with zero attached hydrogens (tertiary/aromatic N) is 2. The Morgan fingerprint density at radius 3 is 2.20 bits per heavy atom. The molecule has 76 valence electrons. The zero-order chi connectivity index (χ0) is 11.1. The highest BCUT2D eigenvalue weighted by atomic mass is 32.2. The molecule has 2 unspecified atom stereocenters. The molecule has 0 aliphatic heterocycles. The molecule has 1 aromatic rings. The van der Waals surface area contributed by atoms with Gasteiger partial charge in [-0.05, 0) is 29.1 Å². The highest BCUT2D eigenvalue weighted by molar-refractivity contribution is 8.07. The monoisotopic (exact) mass is 234 g/mol. The molecule has 0 aliphatic rings. The summed E-state index contributed by atoms with van der Waals surface area (Å²) in [6, 6.07) is 9.82. The van der Waals surface area contributed by atoms with Crippen LogP contribution < -0.4 is 0 Å². The molecule has 0 spiro atoms. The van der Waals surface area contributed by atoms with Crippen LogP contribution in [0.2, 0.25) is 0 Å². The molecule has 0 amide bonds. The average molecular weight is 234 g/mol. The number of thioether (sulfide) groups is 2. The van der Waals surface area contributed by atoms with Gasteiger partial charge in [0.2, 0.25) is 0 Å². The number of thiocyanates is 2. The lowest BCUT2D eigenvalue weighted by molar-refractivity contribution is 0.924. The van der Waals surface area contributed by atoms with Crippen molar-refractivity contribution < 1.29 is 0 Å². The van der Waals surface area contributed by atoms with Crippen LogP contribution in [0.1, 0.15) is 17.7 Å². The number of hydrogen-bond donors (Lipinski definition) is 0. The molecule has 0 heterocycles. The van der Waals surface area contributed by atoms with Gasteiger partial charge in [0.15, 0.2) is 0 Å². The van der Waals surface area contributed by atoms with Gasteiger partial charge in [-0.3, -0.25) is 0 Å². The van der Waals surface area contributed by atoms with Gasteiger partial charge in [-0.25, -0.2) is 0 Å². The third-order valence-electron chi connectivity index (χ3n) is 1.97. The fraction of sp³-hybridized carbons (Fsp3) is 0.273. The molecule has 1 aromatic carbocycles. The second-order valence-electron chi connectivity index (χ2n) is 2.95. The van der Waals surface area contributed by atoms with Crippen LogP contribution in [0.15, 0.2) is 30.3 Å². The van der Waals surface area contributed by atoms with E-state index in [4.69, 9.17) is 10.5 Å². The SMILES string of the molecule is CC(SC#N)C(SC#N)c1ccccc1. The molecule has 4 heteroatoms. The van der Waals surface area contributed by atoms with E-state index < -0.39 is 0 Å². The molecule has 2 atom stereocenters. The Morgan fingerprint density at radius 2 is 1.67 bits per heavy atom. The van der Waals surface area contributed by atoms with Gasteiger partial charge in [0.25, 0.3) is 0 Å². The van der Waals surface area contributed by atoms with E-state index in [1.54, 1.807) is 0 Å². The minimum absolute atomic E-state index is 0.0563. The van der Waals surface area contributed by atoms with Gasteiger partial charge < -0.3 is 0 Å². The van der Waals surface area contributed by atoms with Crippen LogP contribution in [0, 0.1) is 21.3 Å². The zero-order valence-corrected chi connectivity index (χ0v) is 9.89. The molecule has 0 bridgehead atoms. The van der Waals surface area contributed by atoms with Gasteiger partial charge in [0.05, 0.1) is 5.25 Å². The van der Waals surface area contributed by atoms with Gasteiger partial charge in [-0.1, -0.05) is 37.3 Å². The Labute approximate surface area is 98.3 Å². The van der Waals surface area contributed by atoms with Crippen LogP contribution in [0.3, 0.4) is 0 Å². The number of benzene rings is 1. The second kappa shape index (κ2) is 6.40. The molecule has 0 saturated heterocycles. The largest absolute Gasteiger partial charge is 0.185 e. The minimum Gasteiger partial charge on any atom is -0.185 e. The predicted molar refractivity (Wildman–Crippen MR) is 65.1 cm³/mol. The minimum atomic E-state index is 0.0563. The number of rotatable bonds is 4. The van der Waals surface area contributed by atoms with E-state index in [2.05, 4.69) is 10.8 Å². The van der Waals surface area contributed by atoms with E-state index in [0.717, 1.165) is 5.56 Å². The van der Waals surface area contributed by atoms with Crippen molar-refractivity contribution in [1.82, 2.24) is 0 Å². The molecular formula is C11H10N2S2. The quantitative estimate of drug-likeness (QED) is 0.747. The summed E-state index contributed by atoms with van der Waals surface area (Å²) < 4.78 is 0. The molecule has 15 heavy (non-hydrogen) atoms. The first kappa shape index (κ1) is 12.0. The van der Waals surface area contributed by atoms with Crippen molar-refractivity contribution >= 4 is 23.5 Å². The summed E-state index contributed by atoms with van der Waals surface area (Å²) in [6.07, 6.45) is 0. The summed E-state index contributed by atoms with van der Waals surface area (Å²) >= 11 is 2.42. The van der Waals surface area contributed by atoms with Gasteiger partial charge in [0.1, 0.15) is 10.8 Å². The highest BCUT2D eigenvalue weighted by Gasteiger charge is 2.20. The van der Waals surface area contributed by atoms with E-state index in [1.165, 1.54) is 23.5 Å². The second-order valence-corrected chi connectivity index (χ2v) is 5.04. The average Bonchev–Trinajstić information content (AvgIpc) is 2.27. The topological polar surface area (TPSA) is 47.6 Å². The zero-order valence-electron chi connectivity index (χ0n) is 8.25. The van der Waals surface area contributed by atoms with Crippen LogP contribution >= 0.6 is 23.5 Å². The first-order chi connectivity index (χ1) is 7.29. The molecule has 1 rings (SSSR count). The first-order valence-electron chi connectivity index (χ1n) is 4.44. The molecule has 2 nitrogen and oxygen atoms in total. The van der Waals surface area contributed by atoms with Gasteiger partial charge in [-0.2, -0.15) is 10.5 Å². The Balaban J connectivity index is 2.85. The first-order valence-corrected chi connectivity index (χ1v) is 6.20. The summed E-state index contributed by atoms with van der Waals surface area (Å²) in [4.78, 5) is 0. The number of hydrogen-bond acceptors (Lipinski definition) is 4. The molecule has 0 fully saturated rings. The van der Waals surface area contributed by atoms with E-state index in [1.807, 2.05) is 37.3 Å². The van der Waals surface area contributed by atoms with Crippen molar-refractivity contribution in [2.24, 2.45) is 0 Å². The maximum Gasteiger partial charge on any atom is 0.134 e. The highest BCUT2D eigenvalue weighted by Crippen LogP contribution is 2.36. The fourth-order valence-electron chi connectivity index (χ4n) is 1.28. The van der Waals surface area contributed by atoms with Crippen molar-refractivity contribution in [3.63, 3.8) is 0 Å². The normalized spacial score (nSPS) is 13.5.